The minimum Gasteiger partial charge on any atom is -0.443 e. The van der Waals surface area contributed by atoms with E-state index in [9.17, 15) is 0 Å². The molecule has 1 rings (SSSR count). The van der Waals surface area contributed by atoms with Crippen LogP contribution in [-0.2, 0) is 16.7 Å². The molecule has 0 aromatic carbocycles. The number of aliphatic imine (C=N–C) groups is 1. The van der Waals surface area contributed by atoms with Crippen LogP contribution in [0.1, 0.15) is 53.2 Å². The zero-order valence-electron chi connectivity index (χ0n) is 15.8. The van der Waals surface area contributed by atoms with Crippen LogP contribution < -0.4 is 10.6 Å². The molecule has 0 fully saturated rings. The molecule has 6 nitrogen and oxygen atoms in total. The van der Waals surface area contributed by atoms with Gasteiger partial charge in [-0.25, -0.2) is 9.98 Å². The Morgan fingerprint density at radius 3 is 2.58 bits per heavy atom. The number of hydrogen-bond acceptors (Lipinski definition) is 4. The first kappa shape index (κ1) is 23.2. The fourth-order valence-electron chi connectivity index (χ4n) is 1.78. The number of oxazole rings is 1. The second-order valence-electron chi connectivity index (χ2n) is 6.96. The van der Waals surface area contributed by atoms with Crippen molar-refractivity contribution in [2.24, 2.45) is 10.9 Å². The second kappa shape index (κ2) is 11.7. The Bertz CT molecular complexity index is 481. The van der Waals surface area contributed by atoms with Crippen molar-refractivity contribution in [3.8, 4) is 0 Å². The van der Waals surface area contributed by atoms with Gasteiger partial charge < -0.3 is 19.8 Å². The Hall–Kier alpha value is -0.830. The van der Waals surface area contributed by atoms with Crippen molar-refractivity contribution < 1.29 is 9.15 Å². The number of rotatable bonds is 8. The fourth-order valence-corrected chi connectivity index (χ4v) is 1.78. The van der Waals surface area contributed by atoms with E-state index >= 15 is 0 Å². The van der Waals surface area contributed by atoms with Crippen molar-refractivity contribution in [3.63, 3.8) is 0 Å². The molecule has 7 heteroatoms. The van der Waals surface area contributed by atoms with E-state index in [4.69, 9.17) is 9.15 Å². The highest BCUT2D eigenvalue weighted by Crippen LogP contribution is 2.22. The van der Waals surface area contributed by atoms with Gasteiger partial charge >= 0.3 is 0 Å². The highest BCUT2D eigenvalue weighted by atomic mass is 127. The molecule has 1 aromatic rings. The molecule has 24 heavy (non-hydrogen) atoms. The molecule has 0 saturated heterocycles. The maximum atomic E-state index is 5.75. The van der Waals surface area contributed by atoms with Crippen molar-refractivity contribution >= 4 is 29.9 Å². The summed E-state index contributed by atoms with van der Waals surface area (Å²) in [5.74, 6) is 2.81. The Morgan fingerprint density at radius 1 is 1.33 bits per heavy atom. The van der Waals surface area contributed by atoms with Gasteiger partial charge in [0.15, 0.2) is 5.96 Å². The van der Waals surface area contributed by atoms with Gasteiger partial charge in [-0.1, -0.05) is 34.6 Å². The molecule has 1 aromatic heterocycles. The van der Waals surface area contributed by atoms with E-state index < -0.39 is 0 Å². The van der Waals surface area contributed by atoms with Gasteiger partial charge in [0.1, 0.15) is 12.3 Å². The lowest BCUT2D eigenvalue weighted by Crippen LogP contribution is -2.39. The normalized spacial score (nSPS) is 12.2. The molecular formula is C17H33IN4O2. The largest absolute Gasteiger partial charge is 0.443 e. The van der Waals surface area contributed by atoms with Gasteiger partial charge in [0.05, 0.1) is 12.8 Å². The van der Waals surface area contributed by atoms with E-state index in [-0.39, 0.29) is 29.4 Å². The van der Waals surface area contributed by atoms with Crippen LogP contribution in [0.5, 0.6) is 0 Å². The molecule has 0 atom stereocenters. The van der Waals surface area contributed by atoms with Gasteiger partial charge in [-0.05, 0) is 12.8 Å². The van der Waals surface area contributed by atoms with E-state index in [1.54, 1.807) is 6.20 Å². The maximum Gasteiger partial charge on any atom is 0.216 e. The van der Waals surface area contributed by atoms with E-state index in [0.717, 1.165) is 31.4 Å². The summed E-state index contributed by atoms with van der Waals surface area (Å²) in [5.41, 5.74) is -0.0362. The van der Waals surface area contributed by atoms with Gasteiger partial charge in [-0.15, -0.1) is 24.0 Å². The summed E-state index contributed by atoms with van der Waals surface area (Å²) in [6, 6.07) is 0. The molecule has 0 spiro atoms. The Morgan fingerprint density at radius 2 is 2.04 bits per heavy atom. The first-order chi connectivity index (χ1) is 10.8. The summed E-state index contributed by atoms with van der Waals surface area (Å²) in [6.07, 6.45) is 1.78. The van der Waals surface area contributed by atoms with Crippen molar-refractivity contribution in [1.29, 1.82) is 0 Å². The third-order valence-corrected chi connectivity index (χ3v) is 3.00. The van der Waals surface area contributed by atoms with Crippen LogP contribution >= 0.6 is 24.0 Å². The van der Waals surface area contributed by atoms with Crippen molar-refractivity contribution in [2.75, 3.05) is 26.3 Å². The van der Waals surface area contributed by atoms with Gasteiger partial charge in [-0.2, -0.15) is 0 Å². The van der Waals surface area contributed by atoms with Crippen LogP contribution in [0.25, 0.3) is 0 Å². The number of hydrogen-bond donors (Lipinski definition) is 2. The SMILES string of the molecule is CCNC(=NCc1ncc(C(C)(C)C)o1)NCCOCC(C)C.I. The molecule has 2 N–H and O–H groups in total. The number of guanidine groups is 1. The van der Waals surface area contributed by atoms with E-state index in [0.29, 0.717) is 25.0 Å². The number of nitrogens with zero attached hydrogens (tertiary/aromatic N) is 2. The lowest BCUT2D eigenvalue weighted by atomic mass is 9.94. The van der Waals surface area contributed by atoms with Crippen LogP contribution in [0.15, 0.2) is 15.6 Å². The highest BCUT2D eigenvalue weighted by molar-refractivity contribution is 14.0. The molecule has 0 amide bonds. The molecule has 0 aliphatic carbocycles. The van der Waals surface area contributed by atoms with Crippen LogP contribution in [0.2, 0.25) is 0 Å². The number of aromatic nitrogens is 1. The molecule has 1 heterocycles. The van der Waals surface area contributed by atoms with E-state index in [1.165, 1.54) is 0 Å². The third kappa shape index (κ3) is 9.46. The molecule has 0 aliphatic rings. The summed E-state index contributed by atoms with van der Waals surface area (Å²) in [4.78, 5) is 8.78. The summed E-state index contributed by atoms with van der Waals surface area (Å²) in [6.45, 7) is 16.0. The fraction of sp³-hybridized carbons (Fsp3) is 0.765. The first-order valence-corrected chi connectivity index (χ1v) is 8.38. The number of ether oxygens (including phenoxy) is 1. The number of halogens is 1. The molecule has 0 aliphatic heterocycles. The standard InChI is InChI=1S/C17H32N4O2.HI/c1-7-18-16(19-8-9-22-12-13(2)3)21-11-15-20-10-14(23-15)17(4,5)6;/h10,13H,7-9,11-12H2,1-6H3,(H2,18,19,21);1H. The Kier molecular flexibility index (Phi) is 11.3. The molecule has 0 radical (unpaired) electrons. The van der Waals surface area contributed by atoms with Gasteiger partial charge in [0, 0.05) is 25.1 Å². The van der Waals surface area contributed by atoms with Gasteiger partial charge in [0.25, 0.3) is 0 Å². The summed E-state index contributed by atoms with van der Waals surface area (Å²) < 4.78 is 11.3. The van der Waals surface area contributed by atoms with Crippen molar-refractivity contribution in [3.05, 3.63) is 17.8 Å². The van der Waals surface area contributed by atoms with Crippen LogP contribution in [0.4, 0.5) is 0 Å². The van der Waals surface area contributed by atoms with Crippen molar-refractivity contribution in [1.82, 2.24) is 15.6 Å². The molecule has 140 valence electrons. The third-order valence-electron chi connectivity index (χ3n) is 3.00. The monoisotopic (exact) mass is 452 g/mol. The molecule has 0 unspecified atom stereocenters. The minimum atomic E-state index is -0.0362. The summed E-state index contributed by atoms with van der Waals surface area (Å²) in [7, 11) is 0. The highest BCUT2D eigenvalue weighted by Gasteiger charge is 2.18. The number of nitrogens with one attached hydrogen (secondary N) is 2. The first-order valence-electron chi connectivity index (χ1n) is 8.38. The van der Waals surface area contributed by atoms with Crippen LogP contribution in [0, 0.1) is 5.92 Å². The van der Waals surface area contributed by atoms with E-state index in [2.05, 4.69) is 55.2 Å². The summed E-state index contributed by atoms with van der Waals surface area (Å²) in [5, 5.41) is 6.45. The maximum absolute atomic E-state index is 5.75. The van der Waals surface area contributed by atoms with Crippen LogP contribution in [-0.4, -0.2) is 37.2 Å². The molecule has 0 bridgehead atoms. The topological polar surface area (TPSA) is 71.7 Å². The zero-order chi connectivity index (χ0) is 17.3. The summed E-state index contributed by atoms with van der Waals surface area (Å²) >= 11 is 0. The van der Waals surface area contributed by atoms with Crippen molar-refractivity contribution in [2.45, 2.75) is 53.5 Å². The smallest absolute Gasteiger partial charge is 0.216 e. The van der Waals surface area contributed by atoms with Gasteiger partial charge in [0.2, 0.25) is 5.89 Å². The Labute approximate surface area is 163 Å². The minimum absolute atomic E-state index is 0. The molecular weight excluding hydrogens is 419 g/mol. The second-order valence-corrected chi connectivity index (χ2v) is 6.96. The quantitative estimate of drug-likeness (QED) is 0.274. The lowest BCUT2D eigenvalue weighted by molar-refractivity contribution is 0.114. The average Bonchev–Trinajstić information content (AvgIpc) is 2.93. The van der Waals surface area contributed by atoms with Crippen LogP contribution in [0.3, 0.4) is 0 Å². The molecule has 0 saturated carbocycles. The predicted molar refractivity (Wildman–Crippen MR) is 109 cm³/mol. The Balaban J connectivity index is 0.00000529. The zero-order valence-corrected chi connectivity index (χ0v) is 18.1. The van der Waals surface area contributed by atoms with E-state index in [1.807, 2.05) is 6.92 Å². The average molecular weight is 452 g/mol. The van der Waals surface area contributed by atoms with Gasteiger partial charge in [-0.3, -0.25) is 0 Å². The predicted octanol–water partition coefficient (Wildman–Crippen LogP) is 3.32. The lowest BCUT2D eigenvalue weighted by Gasteiger charge is -2.13.